The summed E-state index contributed by atoms with van der Waals surface area (Å²) < 4.78 is 5.22. The van der Waals surface area contributed by atoms with Crippen LogP contribution in [0.1, 0.15) is 12.5 Å². The van der Waals surface area contributed by atoms with Crippen LogP contribution in [0.4, 0.5) is 0 Å². The van der Waals surface area contributed by atoms with Crippen molar-refractivity contribution in [2.24, 2.45) is 0 Å². The van der Waals surface area contributed by atoms with Crippen LogP contribution in [0.5, 0.6) is 0 Å². The highest BCUT2D eigenvalue weighted by molar-refractivity contribution is 6.00. The summed E-state index contributed by atoms with van der Waals surface area (Å²) in [6.45, 7) is 3.48. The molecule has 2 rings (SSSR count). The molecule has 0 aliphatic carbocycles. The van der Waals surface area contributed by atoms with Crippen LogP contribution >= 0.6 is 0 Å². The number of carbonyl (C=O) groups is 2. The predicted molar refractivity (Wildman–Crippen MR) is 73.4 cm³/mol. The monoisotopic (exact) mass is 275 g/mol. The zero-order valence-corrected chi connectivity index (χ0v) is 11.3. The van der Waals surface area contributed by atoms with E-state index >= 15 is 0 Å². The maximum atomic E-state index is 12.4. The summed E-state index contributed by atoms with van der Waals surface area (Å²) in [6.07, 6.45) is 4.92. The lowest BCUT2D eigenvalue weighted by Crippen LogP contribution is -2.44. The van der Waals surface area contributed by atoms with Crippen molar-refractivity contribution in [2.45, 2.75) is 6.92 Å². The van der Waals surface area contributed by atoms with Gasteiger partial charge in [-0.15, -0.1) is 0 Å². The molecule has 0 unspecified atom stereocenters. The lowest BCUT2D eigenvalue weighted by atomic mass is 10.2. The number of hydrogen-bond donors (Lipinski definition) is 1. The molecule has 1 aromatic rings. The third-order valence-corrected chi connectivity index (χ3v) is 2.83. The first kappa shape index (κ1) is 14.2. The molecule has 0 atom stereocenters. The number of nitrogens with one attached hydrogen (secondary N) is 1. The van der Waals surface area contributed by atoms with E-state index < -0.39 is 0 Å². The standard InChI is InChI=1S/C14H17N3O3/c1-11(18)16-13(9-12-3-2-4-15-10-12)14(19)17-5-7-20-8-6-17/h2-4,9-10H,5-8H2,1H3,(H,16,18). The lowest BCUT2D eigenvalue weighted by Gasteiger charge is -2.27. The Bertz CT molecular complexity index is 508. The number of amides is 2. The van der Waals surface area contributed by atoms with Crippen molar-refractivity contribution in [2.75, 3.05) is 26.3 Å². The van der Waals surface area contributed by atoms with E-state index in [2.05, 4.69) is 10.3 Å². The summed E-state index contributed by atoms with van der Waals surface area (Å²) in [5.74, 6) is -0.478. The molecule has 0 saturated carbocycles. The molecule has 20 heavy (non-hydrogen) atoms. The molecule has 0 bridgehead atoms. The number of hydrogen-bond acceptors (Lipinski definition) is 4. The molecular formula is C14H17N3O3. The Morgan fingerprint density at radius 1 is 1.40 bits per heavy atom. The van der Waals surface area contributed by atoms with E-state index in [0.29, 0.717) is 26.3 Å². The van der Waals surface area contributed by atoms with Gasteiger partial charge in [-0.1, -0.05) is 6.07 Å². The van der Waals surface area contributed by atoms with Gasteiger partial charge in [-0.05, 0) is 17.7 Å². The Kier molecular flexibility index (Phi) is 4.84. The summed E-state index contributed by atoms with van der Waals surface area (Å²) >= 11 is 0. The quantitative estimate of drug-likeness (QED) is 0.811. The zero-order chi connectivity index (χ0) is 14.4. The van der Waals surface area contributed by atoms with Crippen molar-refractivity contribution in [1.82, 2.24) is 15.2 Å². The van der Waals surface area contributed by atoms with Gasteiger partial charge < -0.3 is 15.0 Å². The maximum Gasteiger partial charge on any atom is 0.270 e. The SMILES string of the molecule is CC(=O)NC(=Cc1cccnc1)C(=O)N1CCOCC1. The molecule has 6 heteroatoms. The fourth-order valence-electron chi connectivity index (χ4n) is 1.91. The number of aromatic nitrogens is 1. The molecule has 1 fully saturated rings. The van der Waals surface area contributed by atoms with E-state index in [0.717, 1.165) is 5.56 Å². The molecule has 0 spiro atoms. The van der Waals surface area contributed by atoms with Gasteiger partial charge in [-0.3, -0.25) is 14.6 Å². The van der Waals surface area contributed by atoms with Crippen LogP contribution < -0.4 is 5.32 Å². The summed E-state index contributed by atoms with van der Waals surface area (Å²) in [5.41, 5.74) is 1.02. The van der Waals surface area contributed by atoms with Crippen LogP contribution in [0.3, 0.4) is 0 Å². The largest absolute Gasteiger partial charge is 0.378 e. The Balaban J connectivity index is 2.20. The van der Waals surface area contributed by atoms with Crippen LogP contribution in [0.2, 0.25) is 0 Å². The average molecular weight is 275 g/mol. The number of pyridine rings is 1. The predicted octanol–water partition coefficient (Wildman–Crippen LogP) is 0.417. The van der Waals surface area contributed by atoms with E-state index in [9.17, 15) is 9.59 Å². The lowest BCUT2D eigenvalue weighted by molar-refractivity contribution is -0.132. The number of rotatable bonds is 3. The molecular weight excluding hydrogens is 258 g/mol. The minimum Gasteiger partial charge on any atom is -0.378 e. The van der Waals surface area contributed by atoms with E-state index in [4.69, 9.17) is 4.74 Å². The van der Waals surface area contributed by atoms with Gasteiger partial charge in [0.1, 0.15) is 5.70 Å². The maximum absolute atomic E-state index is 12.4. The van der Waals surface area contributed by atoms with E-state index in [1.54, 1.807) is 29.4 Å². The summed E-state index contributed by atoms with van der Waals surface area (Å²) in [5, 5.41) is 2.59. The highest BCUT2D eigenvalue weighted by Crippen LogP contribution is 2.08. The Hall–Kier alpha value is -2.21. The summed E-state index contributed by atoms with van der Waals surface area (Å²) in [7, 11) is 0. The molecule has 0 radical (unpaired) electrons. The Morgan fingerprint density at radius 3 is 2.75 bits per heavy atom. The minimum atomic E-state index is -0.276. The first-order valence-electron chi connectivity index (χ1n) is 6.43. The zero-order valence-electron chi connectivity index (χ0n) is 11.3. The van der Waals surface area contributed by atoms with Crippen molar-refractivity contribution >= 4 is 17.9 Å². The van der Waals surface area contributed by atoms with Gasteiger partial charge in [0.15, 0.2) is 0 Å². The third kappa shape index (κ3) is 3.89. The molecule has 106 valence electrons. The van der Waals surface area contributed by atoms with Gasteiger partial charge in [-0.2, -0.15) is 0 Å². The van der Waals surface area contributed by atoms with Crippen molar-refractivity contribution in [3.05, 3.63) is 35.8 Å². The molecule has 1 aliphatic rings. The second-order valence-electron chi connectivity index (χ2n) is 4.43. The van der Waals surface area contributed by atoms with Crippen LogP contribution in [-0.2, 0) is 14.3 Å². The Morgan fingerprint density at radius 2 is 2.15 bits per heavy atom. The van der Waals surface area contributed by atoms with E-state index in [1.807, 2.05) is 6.07 Å². The molecule has 2 heterocycles. The fraction of sp³-hybridized carbons (Fsp3) is 0.357. The first-order valence-corrected chi connectivity index (χ1v) is 6.43. The fourth-order valence-corrected chi connectivity index (χ4v) is 1.91. The smallest absolute Gasteiger partial charge is 0.270 e. The highest BCUT2D eigenvalue weighted by atomic mass is 16.5. The summed E-state index contributed by atoms with van der Waals surface area (Å²) in [6, 6.07) is 3.60. The second kappa shape index (κ2) is 6.81. The molecule has 0 aromatic carbocycles. The van der Waals surface area contributed by atoms with Crippen LogP contribution in [0, 0.1) is 0 Å². The number of carbonyl (C=O) groups excluding carboxylic acids is 2. The van der Waals surface area contributed by atoms with E-state index in [1.165, 1.54) is 6.92 Å². The minimum absolute atomic E-state index is 0.202. The topological polar surface area (TPSA) is 71.5 Å². The molecule has 1 aliphatic heterocycles. The van der Waals surface area contributed by atoms with Crippen molar-refractivity contribution < 1.29 is 14.3 Å². The van der Waals surface area contributed by atoms with Gasteiger partial charge in [0.2, 0.25) is 5.91 Å². The summed E-state index contributed by atoms with van der Waals surface area (Å²) in [4.78, 5) is 29.3. The molecule has 2 amide bonds. The van der Waals surface area contributed by atoms with E-state index in [-0.39, 0.29) is 17.5 Å². The van der Waals surface area contributed by atoms with Gasteiger partial charge in [0.05, 0.1) is 13.2 Å². The van der Waals surface area contributed by atoms with Gasteiger partial charge in [0, 0.05) is 32.4 Å². The Labute approximate surface area is 117 Å². The van der Waals surface area contributed by atoms with Crippen LogP contribution in [0.25, 0.3) is 6.08 Å². The van der Waals surface area contributed by atoms with Gasteiger partial charge in [0.25, 0.3) is 5.91 Å². The number of ether oxygens (including phenoxy) is 1. The van der Waals surface area contributed by atoms with Crippen LogP contribution in [-0.4, -0.2) is 48.0 Å². The van der Waals surface area contributed by atoms with Crippen LogP contribution in [0.15, 0.2) is 30.2 Å². The highest BCUT2D eigenvalue weighted by Gasteiger charge is 2.21. The molecule has 1 aromatic heterocycles. The molecule has 6 nitrogen and oxygen atoms in total. The molecule has 1 N–H and O–H groups in total. The number of nitrogens with zero attached hydrogens (tertiary/aromatic N) is 2. The molecule has 1 saturated heterocycles. The van der Waals surface area contributed by atoms with Crippen molar-refractivity contribution in [1.29, 1.82) is 0 Å². The third-order valence-electron chi connectivity index (χ3n) is 2.83. The van der Waals surface area contributed by atoms with Gasteiger partial charge >= 0.3 is 0 Å². The second-order valence-corrected chi connectivity index (χ2v) is 4.43. The van der Waals surface area contributed by atoms with Crippen molar-refractivity contribution in [3.8, 4) is 0 Å². The van der Waals surface area contributed by atoms with Gasteiger partial charge in [-0.25, -0.2) is 0 Å². The van der Waals surface area contributed by atoms with Crippen molar-refractivity contribution in [3.63, 3.8) is 0 Å². The first-order chi connectivity index (χ1) is 9.66. The average Bonchev–Trinajstić information content (AvgIpc) is 2.47. The normalized spacial score (nSPS) is 15.8. The number of morpholine rings is 1.